The van der Waals surface area contributed by atoms with Gasteiger partial charge in [-0.1, -0.05) is 12.7 Å². The molecule has 11 nitrogen and oxygen atoms in total. The van der Waals surface area contributed by atoms with E-state index in [-0.39, 0.29) is 17.9 Å². The number of likely N-dealkylation sites (N-methyl/N-ethyl adjacent to an activating group) is 3. The molecule has 1 aromatic heterocycles. The number of methoxy groups -OCH3 is 1. The van der Waals surface area contributed by atoms with E-state index in [1.165, 1.54) is 12.3 Å². The number of hydrogen-bond donors (Lipinski definition) is 3. The van der Waals surface area contributed by atoms with Crippen molar-refractivity contribution in [2.45, 2.75) is 19.2 Å². The molecular weight excluding hydrogens is 530 g/mol. The molecule has 42 heavy (non-hydrogen) atoms. The van der Waals surface area contributed by atoms with Crippen LogP contribution in [0.1, 0.15) is 18.2 Å². The number of hydrogen-bond acceptors (Lipinski definition) is 11. The van der Waals surface area contributed by atoms with Crippen LogP contribution >= 0.6 is 0 Å². The number of rotatable bonds is 11. The van der Waals surface area contributed by atoms with Gasteiger partial charge in [0, 0.05) is 39.2 Å². The van der Waals surface area contributed by atoms with Crippen LogP contribution in [0, 0.1) is 28.6 Å². The maximum Gasteiger partial charge on any atom is 0.227 e. The Labute approximate surface area is 247 Å². The van der Waals surface area contributed by atoms with Crippen molar-refractivity contribution in [3.05, 3.63) is 71.7 Å². The third-order valence-electron chi connectivity index (χ3n) is 7.40. The molecule has 0 fully saturated rings. The molecule has 2 aliphatic rings. The summed E-state index contributed by atoms with van der Waals surface area (Å²) in [5.74, 6) is 0.789. The number of nitriles is 2. The number of ether oxygens (including phenoxy) is 1. The molecule has 1 aromatic carbocycles. The van der Waals surface area contributed by atoms with Gasteiger partial charge in [-0.3, -0.25) is 0 Å². The molecule has 0 spiro atoms. The molecule has 4 rings (SSSR count). The summed E-state index contributed by atoms with van der Waals surface area (Å²) in [5.41, 5.74) is 5.19. The average Bonchev–Trinajstić information content (AvgIpc) is 3.28. The lowest BCUT2D eigenvalue weighted by Crippen LogP contribution is -2.32. The van der Waals surface area contributed by atoms with Crippen molar-refractivity contribution >= 4 is 28.6 Å². The monoisotopic (exact) mass is 567 g/mol. The minimum Gasteiger partial charge on any atom is -0.494 e. The van der Waals surface area contributed by atoms with Gasteiger partial charge in [0.2, 0.25) is 5.95 Å². The number of aliphatic hydroxyl groups excluding tert-OH is 1. The van der Waals surface area contributed by atoms with Crippen LogP contribution in [0.3, 0.4) is 0 Å². The number of benzene rings is 1. The van der Waals surface area contributed by atoms with Crippen molar-refractivity contribution in [1.82, 2.24) is 19.8 Å². The summed E-state index contributed by atoms with van der Waals surface area (Å²) < 4.78 is 5.72. The first-order chi connectivity index (χ1) is 20.1. The lowest BCUT2D eigenvalue weighted by molar-refractivity contribution is 0.253. The zero-order valence-electron chi connectivity index (χ0n) is 24.9. The minimum absolute atomic E-state index is 0.00427. The number of fused-ring (bicyclic) bond motifs is 1. The Balaban J connectivity index is 1.74. The zero-order chi connectivity index (χ0) is 30.6. The summed E-state index contributed by atoms with van der Waals surface area (Å²) in [4.78, 5) is 15.3. The molecule has 0 saturated carbocycles. The number of nitrogens with one attached hydrogen (secondary N) is 2. The summed E-state index contributed by atoms with van der Waals surface area (Å²) in [6.07, 6.45) is 7.81. The summed E-state index contributed by atoms with van der Waals surface area (Å²) >= 11 is 0. The van der Waals surface area contributed by atoms with Crippen molar-refractivity contribution in [2.75, 3.05) is 63.9 Å². The van der Waals surface area contributed by atoms with Crippen molar-refractivity contribution in [1.29, 1.82) is 10.5 Å². The third kappa shape index (κ3) is 6.23. The van der Waals surface area contributed by atoms with Crippen molar-refractivity contribution in [2.24, 2.45) is 5.92 Å². The van der Waals surface area contributed by atoms with Gasteiger partial charge < -0.3 is 35.2 Å². The lowest BCUT2D eigenvalue weighted by Gasteiger charge is -2.29. The smallest absolute Gasteiger partial charge is 0.227 e. The lowest BCUT2D eigenvalue weighted by atomic mass is 9.82. The van der Waals surface area contributed by atoms with E-state index in [1.54, 1.807) is 13.2 Å². The van der Waals surface area contributed by atoms with E-state index < -0.39 is 6.23 Å². The second kappa shape index (κ2) is 12.8. The van der Waals surface area contributed by atoms with Crippen LogP contribution < -0.4 is 20.3 Å². The van der Waals surface area contributed by atoms with Crippen LogP contribution in [0.2, 0.25) is 0 Å². The van der Waals surface area contributed by atoms with Crippen molar-refractivity contribution in [3.8, 4) is 17.9 Å². The van der Waals surface area contributed by atoms with Crippen molar-refractivity contribution in [3.63, 3.8) is 0 Å². The largest absolute Gasteiger partial charge is 0.494 e. The second-order valence-corrected chi connectivity index (χ2v) is 10.7. The minimum atomic E-state index is -0.972. The Hall–Kier alpha value is -4.84. The molecule has 218 valence electrons. The molecule has 3 unspecified atom stereocenters. The fraction of sp³-hybridized carbons (Fsp3) is 0.355. The molecule has 0 radical (unpaired) electrons. The van der Waals surface area contributed by atoms with E-state index in [1.807, 2.05) is 58.3 Å². The maximum atomic E-state index is 10.3. The summed E-state index contributed by atoms with van der Waals surface area (Å²) in [7, 11) is 9.53. The van der Waals surface area contributed by atoms with Gasteiger partial charge in [-0.25, -0.2) is 9.97 Å². The summed E-state index contributed by atoms with van der Waals surface area (Å²) in [6.45, 7) is 7.28. The number of anilines is 4. The van der Waals surface area contributed by atoms with E-state index in [9.17, 15) is 15.6 Å². The number of aliphatic hydroxyl groups is 1. The first-order valence-corrected chi connectivity index (χ1v) is 13.5. The highest BCUT2D eigenvalue weighted by Crippen LogP contribution is 2.41. The molecule has 11 heteroatoms. The predicted molar refractivity (Wildman–Crippen MR) is 165 cm³/mol. The maximum absolute atomic E-state index is 10.3. The van der Waals surface area contributed by atoms with Crippen molar-refractivity contribution < 1.29 is 9.84 Å². The van der Waals surface area contributed by atoms with Crippen LogP contribution in [0.25, 0.3) is 5.57 Å². The molecule has 2 aromatic rings. The molecule has 0 amide bonds. The summed E-state index contributed by atoms with van der Waals surface area (Å²) in [6, 6.07) is 8.14. The molecule has 0 bridgehead atoms. The molecule has 2 heterocycles. The zero-order valence-corrected chi connectivity index (χ0v) is 24.9. The summed E-state index contributed by atoms with van der Waals surface area (Å²) in [5, 5.41) is 36.4. The first kappa shape index (κ1) is 30.1. The van der Waals surface area contributed by atoms with E-state index in [0.717, 1.165) is 24.4 Å². The fourth-order valence-electron chi connectivity index (χ4n) is 5.19. The quantitative estimate of drug-likeness (QED) is 0.271. The molecule has 1 aliphatic carbocycles. The second-order valence-electron chi connectivity index (χ2n) is 10.7. The van der Waals surface area contributed by atoms with Gasteiger partial charge in [0.05, 0.1) is 59.3 Å². The average molecular weight is 568 g/mol. The Morgan fingerprint density at radius 3 is 2.62 bits per heavy atom. The van der Waals surface area contributed by atoms with E-state index >= 15 is 0 Å². The highest BCUT2D eigenvalue weighted by atomic mass is 16.5. The van der Waals surface area contributed by atoms with Crippen LogP contribution in [-0.4, -0.2) is 85.5 Å². The highest BCUT2D eigenvalue weighted by Gasteiger charge is 2.36. The van der Waals surface area contributed by atoms with Gasteiger partial charge >= 0.3 is 0 Å². The Kier molecular flexibility index (Phi) is 9.16. The van der Waals surface area contributed by atoms with Gasteiger partial charge in [-0.05, 0) is 56.6 Å². The normalized spacial score (nSPS) is 18.1. The van der Waals surface area contributed by atoms with E-state index in [0.29, 0.717) is 39.5 Å². The van der Waals surface area contributed by atoms with Gasteiger partial charge in [-0.2, -0.15) is 10.5 Å². The Morgan fingerprint density at radius 2 is 1.98 bits per heavy atom. The fourth-order valence-corrected chi connectivity index (χ4v) is 5.19. The Bertz CT molecular complexity index is 1530. The van der Waals surface area contributed by atoms with Gasteiger partial charge in [0.1, 0.15) is 18.0 Å². The predicted octanol–water partition coefficient (Wildman–Crippen LogP) is 3.70. The van der Waals surface area contributed by atoms with E-state index in [4.69, 9.17) is 9.72 Å². The highest BCUT2D eigenvalue weighted by molar-refractivity contribution is 5.82. The number of allylic oxidation sites excluding steroid dienone is 2. The first-order valence-electron chi connectivity index (χ1n) is 13.5. The topological polar surface area (TPSA) is 137 Å². The molecular formula is C31H37N9O2. The number of nitrogens with zero attached hydrogens (tertiary/aromatic N) is 7. The standard InChI is InChI=1S/C31H37N9O2/c1-8-28(41)35-24-13-25(27(42-7)14-26(24)39(5)10-9-38(3)4)36-31-34-17-22(16-33)29(37-31)20-11-21(15-32)30-23(12-20)19(2)18-40(30)6/h8,11-14,17-18,23,28,30,35,41H,1,9-10H2,2-7H3,(H,34,36,37). The molecule has 0 saturated heterocycles. The van der Waals surface area contributed by atoms with Crippen LogP contribution in [-0.2, 0) is 0 Å². The molecule has 1 aliphatic heterocycles. The number of aromatic nitrogens is 2. The van der Waals surface area contributed by atoms with Crippen LogP contribution in [0.15, 0.2) is 60.5 Å². The van der Waals surface area contributed by atoms with E-state index in [2.05, 4.69) is 50.2 Å². The third-order valence-corrected chi connectivity index (χ3v) is 7.40. The van der Waals surface area contributed by atoms with Gasteiger partial charge in [0.15, 0.2) is 0 Å². The van der Waals surface area contributed by atoms with Crippen LogP contribution in [0.4, 0.5) is 23.0 Å². The molecule has 3 N–H and O–H groups in total. The van der Waals surface area contributed by atoms with Gasteiger partial charge in [0.25, 0.3) is 0 Å². The van der Waals surface area contributed by atoms with Gasteiger partial charge in [-0.15, -0.1) is 0 Å². The van der Waals surface area contributed by atoms with Crippen LogP contribution in [0.5, 0.6) is 5.75 Å². The molecule has 3 atom stereocenters. The Morgan fingerprint density at radius 1 is 1.21 bits per heavy atom. The SMILES string of the molecule is C=CC(O)Nc1cc(Nc2ncc(C#N)c(C3=CC4C(C)=CN(C)C4C(C#N)=C3)n2)c(OC)cc1N(C)CCN(C)C.